The lowest BCUT2D eigenvalue weighted by Crippen LogP contribution is -2.35. The van der Waals surface area contributed by atoms with Gasteiger partial charge in [-0.15, -0.1) is 5.10 Å². The highest BCUT2D eigenvalue weighted by Gasteiger charge is 2.22. The number of Topliss-reactive ketones (excluding diaryl/α,β-unsaturated/α-hetero) is 1. The van der Waals surface area contributed by atoms with Gasteiger partial charge in [0.25, 0.3) is 0 Å². The quantitative estimate of drug-likeness (QED) is 0.622. The van der Waals surface area contributed by atoms with Crippen LogP contribution in [-0.4, -0.2) is 45.3 Å². The fourth-order valence-electron chi connectivity index (χ4n) is 3.79. The zero-order chi connectivity index (χ0) is 18.6. The standard InChI is InChI=1S/C21H23FN4O/c22-17-9-7-16(8-10-17)21(27)6-3-13-25-14-11-18(12-15-25)26-20-5-2-1-4-19(20)23-24-26/h1-2,4-5,7-10,18H,3,6,11-15H2. The zero-order valence-electron chi connectivity index (χ0n) is 15.2. The number of aromatic nitrogens is 3. The van der Waals surface area contributed by atoms with Gasteiger partial charge in [0.2, 0.25) is 0 Å². The smallest absolute Gasteiger partial charge is 0.162 e. The van der Waals surface area contributed by atoms with Crippen LogP contribution in [0.3, 0.4) is 0 Å². The van der Waals surface area contributed by atoms with Gasteiger partial charge in [-0.3, -0.25) is 4.79 Å². The minimum atomic E-state index is -0.311. The summed E-state index contributed by atoms with van der Waals surface area (Å²) in [7, 11) is 0. The van der Waals surface area contributed by atoms with Crippen molar-refractivity contribution in [2.45, 2.75) is 31.7 Å². The average Bonchev–Trinajstić information content (AvgIpc) is 3.13. The number of nitrogens with zero attached hydrogens (tertiary/aromatic N) is 4. The van der Waals surface area contributed by atoms with Crippen LogP contribution >= 0.6 is 0 Å². The molecule has 1 aliphatic rings. The third-order valence-corrected chi connectivity index (χ3v) is 5.32. The molecule has 4 rings (SSSR count). The molecule has 5 nitrogen and oxygen atoms in total. The lowest BCUT2D eigenvalue weighted by molar-refractivity contribution is 0.0970. The van der Waals surface area contributed by atoms with Crippen molar-refractivity contribution in [3.63, 3.8) is 0 Å². The number of ketones is 1. The third-order valence-electron chi connectivity index (χ3n) is 5.32. The summed E-state index contributed by atoms with van der Waals surface area (Å²) >= 11 is 0. The minimum absolute atomic E-state index is 0.0824. The van der Waals surface area contributed by atoms with Crippen molar-refractivity contribution in [1.82, 2.24) is 19.9 Å². The van der Waals surface area contributed by atoms with Crippen LogP contribution < -0.4 is 0 Å². The SMILES string of the molecule is O=C(CCCN1CCC(n2nnc3ccccc32)CC1)c1ccc(F)cc1. The summed E-state index contributed by atoms with van der Waals surface area (Å²) < 4.78 is 15.0. The van der Waals surface area contributed by atoms with Gasteiger partial charge in [0, 0.05) is 25.1 Å². The van der Waals surface area contributed by atoms with Crippen LogP contribution in [0.4, 0.5) is 4.39 Å². The Kier molecular flexibility index (Phi) is 5.25. The Morgan fingerprint density at radius 1 is 1.07 bits per heavy atom. The highest BCUT2D eigenvalue weighted by molar-refractivity contribution is 5.95. The Bertz CT molecular complexity index is 913. The van der Waals surface area contributed by atoms with Gasteiger partial charge >= 0.3 is 0 Å². The van der Waals surface area contributed by atoms with Gasteiger partial charge in [-0.1, -0.05) is 17.3 Å². The van der Waals surface area contributed by atoms with Crippen LogP contribution in [0.25, 0.3) is 11.0 Å². The molecule has 3 aromatic rings. The molecule has 0 spiro atoms. The summed E-state index contributed by atoms with van der Waals surface area (Å²) in [5, 5.41) is 8.60. The first-order valence-electron chi connectivity index (χ1n) is 9.52. The van der Waals surface area contributed by atoms with Crippen LogP contribution in [0.1, 0.15) is 42.1 Å². The molecule has 1 saturated heterocycles. The number of carbonyl (C=O) groups excluding carboxylic acids is 1. The predicted molar refractivity (Wildman–Crippen MR) is 102 cm³/mol. The summed E-state index contributed by atoms with van der Waals surface area (Å²) in [5.74, 6) is -0.228. The van der Waals surface area contributed by atoms with Gasteiger partial charge in [0.15, 0.2) is 5.78 Å². The zero-order valence-corrected chi connectivity index (χ0v) is 15.2. The number of para-hydroxylation sites is 1. The number of carbonyl (C=O) groups is 1. The maximum atomic E-state index is 12.9. The largest absolute Gasteiger partial charge is 0.303 e. The van der Waals surface area contributed by atoms with Crippen LogP contribution in [0.15, 0.2) is 48.5 Å². The first kappa shape index (κ1) is 17.8. The molecule has 0 amide bonds. The van der Waals surface area contributed by atoms with E-state index in [1.165, 1.54) is 12.1 Å². The Balaban J connectivity index is 1.25. The molecule has 27 heavy (non-hydrogen) atoms. The van der Waals surface area contributed by atoms with Crippen LogP contribution in [-0.2, 0) is 0 Å². The molecule has 140 valence electrons. The second-order valence-corrected chi connectivity index (χ2v) is 7.13. The maximum Gasteiger partial charge on any atom is 0.162 e. The first-order valence-corrected chi connectivity index (χ1v) is 9.52. The summed E-state index contributed by atoms with van der Waals surface area (Å²) in [6.07, 6.45) is 3.41. The second-order valence-electron chi connectivity index (χ2n) is 7.13. The predicted octanol–water partition coefficient (Wildman–Crippen LogP) is 3.87. The van der Waals surface area contributed by atoms with Crippen molar-refractivity contribution in [3.05, 3.63) is 59.9 Å². The van der Waals surface area contributed by atoms with E-state index in [0.29, 0.717) is 18.0 Å². The number of hydrogen-bond donors (Lipinski definition) is 0. The first-order chi connectivity index (χ1) is 13.2. The van der Waals surface area contributed by atoms with E-state index in [9.17, 15) is 9.18 Å². The van der Waals surface area contributed by atoms with E-state index in [-0.39, 0.29) is 11.6 Å². The Labute approximate surface area is 157 Å². The molecule has 0 N–H and O–H groups in total. The number of fused-ring (bicyclic) bond motifs is 1. The number of likely N-dealkylation sites (tertiary alicyclic amines) is 1. The Morgan fingerprint density at radius 2 is 1.81 bits per heavy atom. The number of piperidine rings is 1. The van der Waals surface area contributed by atoms with Crippen LogP contribution in [0, 0.1) is 5.82 Å². The molecule has 0 radical (unpaired) electrons. The van der Waals surface area contributed by atoms with E-state index >= 15 is 0 Å². The van der Waals surface area contributed by atoms with Gasteiger partial charge in [0.05, 0.1) is 11.6 Å². The van der Waals surface area contributed by atoms with E-state index in [0.717, 1.165) is 49.9 Å². The number of benzene rings is 2. The summed E-state index contributed by atoms with van der Waals surface area (Å²) in [6.45, 7) is 2.92. The molecule has 0 unspecified atom stereocenters. The van der Waals surface area contributed by atoms with Crippen molar-refractivity contribution in [1.29, 1.82) is 0 Å². The van der Waals surface area contributed by atoms with Gasteiger partial charge in [-0.25, -0.2) is 9.07 Å². The van der Waals surface area contributed by atoms with E-state index in [2.05, 4.69) is 26.0 Å². The second kappa shape index (κ2) is 7.96. The van der Waals surface area contributed by atoms with Crippen molar-refractivity contribution >= 4 is 16.8 Å². The summed E-state index contributed by atoms with van der Waals surface area (Å²) in [5.41, 5.74) is 2.63. The molecule has 0 aliphatic carbocycles. The molecule has 2 heterocycles. The fraction of sp³-hybridized carbons (Fsp3) is 0.381. The monoisotopic (exact) mass is 366 g/mol. The molecule has 1 aromatic heterocycles. The topological polar surface area (TPSA) is 51.0 Å². The highest BCUT2D eigenvalue weighted by Crippen LogP contribution is 2.25. The van der Waals surface area contributed by atoms with Crippen molar-refractivity contribution in [3.8, 4) is 0 Å². The molecule has 2 aromatic carbocycles. The number of hydrogen-bond acceptors (Lipinski definition) is 4. The van der Waals surface area contributed by atoms with Gasteiger partial charge in [-0.2, -0.15) is 0 Å². The summed E-state index contributed by atoms with van der Waals surface area (Å²) in [4.78, 5) is 14.6. The Morgan fingerprint density at radius 3 is 2.59 bits per heavy atom. The molecule has 0 saturated carbocycles. The van der Waals surface area contributed by atoms with Crippen LogP contribution in [0.2, 0.25) is 0 Å². The number of halogens is 1. The lowest BCUT2D eigenvalue weighted by atomic mass is 10.0. The molecular formula is C21H23FN4O. The van der Waals surface area contributed by atoms with Crippen molar-refractivity contribution in [2.75, 3.05) is 19.6 Å². The lowest BCUT2D eigenvalue weighted by Gasteiger charge is -2.32. The summed E-state index contributed by atoms with van der Waals surface area (Å²) in [6, 6.07) is 14.3. The molecule has 0 atom stereocenters. The van der Waals surface area contributed by atoms with E-state index in [1.807, 2.05) is 18.2 Å². The normalized spacial score (nSPS) is 16.0. The number of rotatable bonds is 6. The average molecular weight is 366 g/mol. The molecular weight excluding hydrogens is 343 g/mol. The van der Waals surface area contributed by atoms with E-state index < -0.39 is 0 Å². The van der Waals surface area contributed by atoms with Gasteiger partial charge in [-0.05, 0) is 62.2 Å². The molecule has 1 aliphatic heterocycles. The molecule has 0 bridgehead atoms. The minimum Gasteiger partial charge on any atom is -0.303 e. The van der Waals surface area contributed by atoms with Crippen molar-refractivity contribution in [2.24, 2.45) is 0 Å². The maximum absolute atomic E-state index is 12.9. The van der Waals surface area contributed by atoms with E-state index in [4.69, 9.17) is 0 Å². The Hall–Kier alpha value is -2.60. The van der Waals surface area contributed by atoms with Crippen molar-refractivity contribution < 1.29 is 9.18 Å². The van der Waals surface area contributed by atoms with E-state index in [1.54, 1.807) is 12.1 Å². The molecule has 6 heteroatoms. The third kappa shape index (κ3) is 4.06. The highest BCUT2D eigenvalue weighted by atomic mass is 19.1. The van der Waals surface area contributed by atoms with Crippen LogP contribution in [0.5, 0.6) is 0 Å². The fourth-order valence-corrected chi connectivity index (χ4v) is 3.79. The van der Waals surface area contributed by atoms with Gasteiger partial charge < -0.3 is 4.90 Å². The van der Waals surface area contributed by atoms with Gasteiger partial charge in [0.1, 0.15) is 11.3 Å². The molecule has 1 fully saturated rings.